The number of aryl methyl sites for hydroxylation is 4. The highest BCUT2D eigenvalue weighted by atomic mass is 15.2. The van der Waals surface area contributed by atoms with Crippen molar-refractivity contribution in [2.45, 2.75) is 47.0 Å². The summed E-state index contributed by atoms with van der Waals surface area (Å²) in [5, 5.41) is 0. The third kappa shape index (κ3) is 8.38. The van der Waals surface area contributed by atoms with Crippen molar-refractivity contribution in [1.82, 2.24) is 0 Å². The van der Waals surface area contributed by atoms with Gasteiger partial charge in [0.05, 0.1) is 28.2 Å². The molecule has 0 aliphatic carbocycles. The Morgan fingerprint density at radius 1 is 0.645 bits per heavy atom. The molecule has 0 aromatic heterocycles. The number of quaternary nitrogens is 1. The maximum absolute atomic E-state index is 2.44. The summed E-state index contributed by atoms with van der Waals surface area (Å²) in [7, 11) is 8.50. The molecule has 0 heterocycles. The highest BCUT2D eigenvalue weighted by Crippen LogP contribution is 2.11. The molecule has 3 aromatic carbocycles. The topological polar surface area (TPSA) is 0 Å². The predicted octanol–water partition coefficient (Wildman–Crippen LogP) is 4.79. The first-order valence-corrected chi connectivity index (χ1v) is 11.6. The fraction of sp³-hybridized carbons (Fsp3) is 0.379. The van der Waals surface area contributed by atoms with Gasteiger partial charge >= 0.3 is 0 Å². The maximum atomic E-state index is 2.44. The Morgan fingerprint density at radius 2 is 1.06 bits per heavy atom. The molecule has 31 heavy (non-hydrogen) atoms. The molecule has 0 bridgehead atoms. The Morgan fingerprint density at radius 3 is 1.48 bits per heavy atom. The minimum Gasteiger partial charge on any atom is -0.333 e. The Bertz CT molecular complexity index is 882. The average Bonchev–Trinajstić information content (AvgIpc) is 2.70. The van der Waals surface area contributed by atoms with Gasteiger partial charge in [0.2, 0.25) is 6.71 Å². The van der Waals surface area contributed by atoms with Crippen LogP contribution in [0.1, 0.15) is 42.0 Å². The molecule has 0 saturated heterocycles. The highest BCUT2D eigenvalue weighted by Gasteiger charge is 2.22. The largest absolute Gasteiger partial charge is 0.333 e. The van der Waals surface area contributed by atoms with Crippen LogP contribution in [0.25, 0.3) is 0 Å². The van der Waals surface area contributed by atoms with E-state index in [0.29, 0.717) is 0 Å². The SMILES string of the molecule is CCCCc1cc(B(c2ccc(C)cc2)c2ccc(C)cc2)ccc1C.C[N+](C)(C)C. The number of hydrogen-bond acceptors (Lipinski definition) is 0. The third-order valence-electron chi connectivity index (χ3n) is 5.33. The van der Waals surface area contributed by atoms with Gasteiger partial charge in [-0.2, -0.15) is 0 Å². The Kier molecular flexibility index (Phi) is 9.13. The van der Waals surface area contributed by atoms with E-state index in [1.165, 1.54) is 57.9 Å². The Balaban J connectivity index is 0.000000614. The van der Waals surface area contributed by atoms with E-state index in [1.54, 1.807) is 0 Å². The predicted molar refractivity (Wildman–Crippen MR) is 141 cm³/mol. The fourth-order valence-corrected chi connectivity index (χ4v) is 3.60. The van der Waals surface area contributed by atoms with Crippen LogP contribution in [0.4, 0.5) is 0 Å². The molecule has 0 unspecified atom stereocenters. The molecule has 0 aliphatic rings. The van der Waals surface area contributed by atoms with E-state index in [4.69, 9.17) is 0 Å². The molecule has 0 atom stereocenters. The zero-order valence-electron chi connectivity index (χ0n) is 21.0. The van der Waals surface area contributed by atoms with Crippen LogP contribution in [0.15, 0.2) is 66.7 Å². The van der Waals surface area contributed by atoms with E-state index in [9.17, 15) is 0 Å². The second-order valence-electron chi connectivity index (χ2n) is 10.2. The summed E-state index contributed by atoms with van der Waals surface area (Å²) in [6.45, 7) is 9.10. The van der Waals surface area contributed by atoms with E-state index in [0.717, 1.165) is 4.48 Å². The van der Waals surface area contributed by atoms with Crippen molar-refractivity contribution in [2.24, 2.45) is 0 Å². The van der Waals surface area contributed by atoms with E-state index in [1.807, 2.05) is 0 Å². The first kappa shape index (κ1) is 24.9. The van der Waals surface area contributed by atoms with Gasteiger partial charge in [-0.1, -0.05) is 108 Å². The molecule has 0 aliphatic heterocycles. The van der Waals surface area contributed by atoms with Crippen LogP contribution in [-0.4, -0.2) is 39.4 Å². The Labute approximate surface area is 191 Å². The molecule has 1 nitrogen and oxygen atoms in total. The highest BCUT2D eigenvalue weighted by molar-refractivity contribution is 6.95. The summed E-state index contributed by atoms with van der Waals surface area (Å²) >= 11 is 0. The van der Waals surface area contributed by atoms with Crippen LogP contribution in [0, 0.1) is 20.8 Å². The van der Waals surface area contributed by atoms with Gasteiger partial charge in [-0.3, -0.25) is 0 Å². The molecule has 3 aromatic rings. The van der Waals surface area contributed by atoms with Crippen molar-refractivity contribution in [2.75, 3.05) is 28.2 Å². The van der Waals surface area contributed by atoms with Crippen LogP contribution in [0.2, 0.25) is 0 Å². The minimum absolute atomic E-state index is 0.289. The quantitative estimate of drug-likeness (QED) is 0.402. The number of hydrogen-bond donors (Lipinski definition) is 0. The molecular formula is C29H41BN+. The van der Waals surface area contributed by atoms with Crippen molar-refractivity contribution >= 4 is 23.1 Å². The maximum Gasteiger partial charge on any atom is 0.241 e. The van der Waals surface area contributed by atoms with Gasteiger partial charge < -0.3 is 4.48 Å². The minimum atomic E-state index is 0.289. The summed E-state index contributed by atoms with van der Waals surface area (Å²) in [6.07, 6.45) is 3.66. The standard InChI is InChI=1S/C25H29B.C4H12N/c1-5-6-7-22-18-25(17-12-21(22)4)26(23-13-8-19(2)9-14-23)24-15-10-20(3)11-16-24;1-5(2,3)4/h8-18H,5-7H2,1-4H3;1-4H3/q;+1. The molecule has 164 valence electrons. The lowest BCUT2D eigenvalue weighted by Gasteiger charge is -2.18. The van der Waals surface area contributed by atoms with E-state index in [2.05, 4.69) is 123 Å². The van der Waals surface area contributed by atoms with Crippen LogP contribution < -0.4 is 16.4 Å². The van der Waals surface area contributed by atoms with Gasteiger partial charge in [-0.25, -0.2) is 0 Å². The number of benzene rings is 3. The lowest BCUT2D eigenvalue weighted by molar-refractivity contribution is -0.849. The first-order valence-electron chi connectivity index (χ1n) is 11.6. The normalized spacial score (nSPS) is 11.0. The smallest absolute Gasteiger partial charge is 0.241 e. The number of nitrogens with zero attached hydrogens (tertiary/aromatic N) is 1. The molecular weight excluding hydrogens is 373 g/mol. The van der Waals surface area contributed by atoms with Crippen molar-refractivity contribution in [3.05, 3.63) is 89.0 Å². The lowest BCUT2D eigenvalue weighted by atomic mass is 9.36. The van der Waals surface area contributed by atoms with Gasteiger partial charge in [0.25, 0.3) is 0 Å². The molecule has 0 fully saturated rings. The molecule has 2 heteroatoms. The molecule has 0 spiro atoms. The van der Waals surface area contributed by atoms with Crippen LogP contribution in [-0.2, 0) is 6.42 Å². The summed E-state index contributed by atoms with van der Waals surface area (Å²) in [4.78, 5) is 0. The molecule has 0 N–H and O–H groups in total. The zero-order chi connectivity index (χ0) is 23.0. The van der Waals surface area contributed by atoms with Crippen LogP contribution >= 0.6 is 0 Å². The van der Waals surface area contributed by atoms with Crippen molar-refractivity contribution < 1.29 is 4.48 Å². The summed E-state index contributed by atoms with van der Waals surface area (Å²) in [6, 6.07) is 25.1. The molecule has 0 amide bonds. The molecule has 3 rings (SSSR count). The van der Waals surface area contributed by atoms with Gasteiger partial charge in [-0.15, -0.1) is 0 Å². The number of rotatable bonds is 6. The van der Waals surface area contributed by atoms with Crippen molar-refractivity contribution in [3.8, 4) is 0 Å². The summed E-state index contributed by atoms with van der Waals surface area (Å²) in [5.41, 5.74) is 9.65. The monoisotopic (exact) mass is 414 g/mol. The average molecular weight is 414 g/mol. The van der Waals surface area contributed by atoms with Crippen LogP contribution in [0.5, 0.6) is 0 Å². The molecule has 0 radical (unpaired) electrons. The van der Waals surface area contributed by atoms with Crippen molar-refractivity contribution in [1.29, 1.82) is 0 Å². The van der Waals surface area contributed by atoms with Crippen LogP contribution in [0.3, 0.4) is 0 Å². The third-order valence-corrected chi connectivity index (χ3v) is 5.33. The van der Waals surface area contributed by atoms with E-state index >= 15 is 0 Å². The van der Waals surface area contributed by atoms with Gasteiger partial charge in [-0.05, 0) is 44.7 Å². The van der Waals surface area contributed by atoms with Gasteiger partial charge in [0, 0.05) is 0 Å². The van der Waals surface area contributed by atoms with E-state index in [-0.39, 0.29) is 6.71 Å². The second kappa shape index (κ2) is 11.3. The Hall–Kier alpha value is -2.32. The fourth-order valence-electron chi connectivity index (χ4n) is 3.60. The van der Waals surface area contributed by atoms with Gasteiger partial charge in [0.15, 0.2) is 0 Å². The van der Waals surface area contributed by atoms with Crippen molar-refractivity contribution in [3.63, 3.8) is 0 Å². The summed E-state index contributed by atoms with van der Waals surface area (Å²) < 4.78 is 1.00. The number of unbranched alkanes of at least 4 members (excludes halogenated alkanes) is 1. The lowest BCUT2D eigenvalue weighted by Crippen LogP contribution is -2.52. The summed E-state index contributed by atoms with van der Waals surface area (Å²) in [5.74, 6) is 0. The second-order valence-corrected chi connectivity index (χ2v) is 10.2. The van der Waals surface area contributed by atoms with Gasteiger partial charge in [0.1, 0.15) is 0 Å². The first-order chi connectivity index (χ1) is 14.6. The zero-order valence-corrected chi connectivity index (χ0v) is 21.0. The molecule has 0 saturated carbocycles. The van der Waals surface area contributed by atoms with E-state index < -0.39 is 0 Å².